The normalized spacial score (nSPS) is 20.2. The van der Waals surface area contributed by atoms with Gasteiger partial charge in [0.05, 0.1) is 18.6 Å². The fraction of sp³-hybridized carbons (Fsp3) is 0.579. The molecular formula is C19H26FNO4. The summed E-state index contributed by atoms with van der Waals surface area (Å²) < 4.78 is 18.9. The summed E-state index contributed by atoms with van der Waals surface area (Å²) >= 11 is 0. The van der Waals surface area contributed by atoms with E-state index in [2.05, 4.69) is 0 Å². The van der Waals surface area contributed by atoms with Crippen LogP contribution in [0.15, 0.2) is 24.3 Å². The highest BCUT2D eigenvalue weighted by molar-refractivity contribution is 5.97. The summed E-state index contributed by atoms with van der Waals surface area (Å²) in [5.74, 6) is -1.09. The van der Waals surface area contributed by atoms with Crippen LogP contribution < -0.4 is 4.90 Å². The molecule has 2 unspecified atom stereocenters. The van der Waals surface area contributed by atoms with Crippen molar-refractivity contribution in [3.8, 4) is 0 Å². The van der Waals surface area contributed by atoms with E-state index in [-0.39, 0.29) is 30.3 Å². The Hall–Kier alpha value is -1.95. The molecule has 1 aliphatic rings. The Kier molecular flexibility index (Phi) is 7.37. The minimum atomic E-state index is -0.764. The van der Waals surface area contributed by atoms with Crippen LogP contribution in [-0.2, 0) is 14.3 Å². The van der Waals surface area contributed by atoms with E-state index in [4.69, 9.17) is 9.84 Å². The highest BCUT2D eigenvalue weighted by atomic mass is 19.1. The molecule has 0 aliphatic carbocycles. The third-order valence-electron chi connectivity index (χ3n) is 4.53. The van der Waals surface area contributed by atoms with Gasteiger partial charge in [0.25, 0.3) is 0 Å². The number of nitrogens with zero attached hydrogens (tertiary/aromatic N) is 1. The SMILES string of the molecule is CCOC1CC(=O)N(c2ccc(F)cc2)C1CCCCCCC(=O)O. The number of carboxylic acids is 1. The van der Waals surface area contributed by atoms with Crippen LogP contribution in [-0.4, -0.2) is 35.7 Å². The summed E-state index contributed by atoms with van der Waals surface area (Å²) in [5.41, 5.74) is 0.699. The molecule has 1 amide bonds. The standard InChI is InChI=1S/C19H26FNO4/c1-2-25-17-13-18(22)21(15-11-9-14(20)10-12-15)16(17)7-5-3-4-6-8-19(23)24/h9-12,16-17H,2-8,13H2,1H3,(H,23,24). The smallest absolute Gasteiger partial charge is 0.303 e. The molecule has 2 atom stereocenters. The van der Waals surface area contributed by atoms with Crippen molar-refractivity contribution in [2.24, 2.45) is 0 Å². The Balaban J connectivity index is 1.97. The van der Waals surface area contributed by atoms with Gasteiger partial charge in [-0.2, -0.15) is 0 Å². The van der Waals surface area contributed by atoms with Gasteiger partial charge in [0.2, 0.25) is 5.91 Å². The Bertz CT molecular complexity index is 575. The van der Waals surface area contributed by atoms with Crippen LogP contribution in [0.3, 0.4) is 0 Å². The van der Waals surface area contributed by atoms with Gasteiger partial charge in [-0.25, -0.2) is 4.39 Å². The molecule has 6 heteroatoms. The minimum Gasteiger partial charge on any atom is -0.481 e. The zero-order valence-electron chi connectivity index (χ0n) is 14.6. The lowest BCUT2D eigenvalue weighted by Crippen LogP contribution is -2.38. The fourth-order valence-corrected chi connectivity index (χ4v) is 3.38. The van der Waals surface area contributed by atoms with Crippen molar-refractivity contribution < 1.29 is 23.8 Å². The van der Waals surface area contributed by atoms with E-state index in [9.17, 15) is 14.0 Å². The topological polar surface area (TPSA) is 66.8 Å². The minimum absolute atomic E-state index is 0.000866. The van der Waals surface area contributed by atoms with Gasteiger partial charge in [-0.15, -0.1) is 0 Å². The van der Waals surface area contributed by atoms with Gasteiger partial charge in [-0.05, 0) is 44.0 Å². The van der Waals surface area contributed by atoms with Crippen molar-refractivity contribution in [3.05, 3.63) is 30.1 Å². The Labute approximate surface area is 147 Å². The number of ether oxygens (including phenoxy) is 1. The summed E-state index contributed by atoms with van der Waals surface area (Å²) in [6, 6.07) is 5.92. The number of hydrogen-bond donors (Lipinski definition) is 1. The molecule has 0 aromatic heterocycles. The third kappa shape index (κ3) is 5.53. The highest BCUT2D eigenvalue weighted by Crippen LogP contribution is 2.32. The molecule has 1 heterocycles. The first-order valence-corrected chi connectivity index (χ1v) is 8.94. The lowest BCUT2D eigenvalue weighted by atomic mass is 10.0. The van der Waals surface area contributed by atoms with Crippen molar-refractivity contribution in [1.29, 1.82) is 0 Å². The second-order valence-corrected chi connectivity index (χ2v) is 6.35. The van der Waals surface area contributed by atoms with Gasteiger partial charge in [0.15, 0.2) is 0 Å². The lowest BCUT2D eigenvalue weighted by molar-refractivity contribution is -0.137. The predicted octanol–water partition coefficient (Wildman–Crippen LogP) is 3.76. The number of rotatable bonds is 10. The quantitative estimate of drug-likeness (QED) is 0.652. The monoisotopic (exact) mass is 351 g/mol. The van der Waals surface area contributed by atoms with E-state index in [0.29, 0.717) is 25.1 Å². The second-order valence-electron chi connectivity index (χ2n) is 6.35. The van der Waals surface area contributed by atoms with Gasteiger partial charge < -0.3 is 14.7 Å². The highest BCUT2D eigenvalue weighted by Gasteiger charge is 2.40. The van der Waals surface area contributed by atoms with E-state index in [1.807, 2.05) is 6.92 Å². The van der Waals surface area contributed by atoms with E-state index < -0.39 is 5.97 Å². The molecule has 2 rings (SSSR count). The molecule has 1 aliphatic heterocycles. The molecule has 1 aromatic rings. The average Bonchev–Trinajstić information content (AvgIpc) is 2.87. The summed E-state index contributed by atoms with van der Waals surface area (Å²) in [7, 11) is 0. The number of carbonyl (C=O) groups is 2. The van der Waals surface area contributed by atoms with Crippen molar-refractivity contribution in [2.45, 2.75) is 64.0 Å². The van der Waals surface area contributed by atoms with Crippen molar-refractivity contribution in [1.82, 2.24) is 0 Å². The third-order valence-corrected chi connectivity index (χ3v) is 4.53. The zero-order valence-corrected chi connectivity index (χ0v) is 14.6. The van der Waals surface area contributed by atoms with Crippen LogP contribution >= 0.6 is 0 Å². The molecule has 5 nitrogen and oxygen atoms in total. The fourth-order valence-electron chi connectivity index (χ4n) is 3.38. The molecule has 0 bridgehead atoms. The Morgan fingerprint density at radius 1 is 1.24 bits per heavy atom. The van der Waals surface area contributed by atoms with Crippen molar-refractivity contribution in [3.63, 3.8) is 0 Å². The second kappa shape index (κ2) is 9.51. The maximum absolute atomic E-state index is 13.2. The average molecular weight is 351 g/mol. The zero-order chi connectivity index (χ0) is 18.2. The Morgan fingerprint density at radius 3 is 2.56 bits per heavy atom. The largest absolute Gasteiger partial charge is 0.481 e. The molecule has 1 N–H and O–H groups in total. The first kappa shape index (κ1) is 19.4. The van der Waals surface area contributed by atoms with Crippen LogP contribution in [0.25, 0.3) is 0 Å². The number of amides is 1. The molecule has 1 fully saturated rings. The number of unbranched alkanes of at least 4 members (excludes halogenated alkanes) is 3. The molecule has 0 radical (unpaired) electrons. The molecule has 1 aromatic carbocycles. The van der Waals surface area contributed by atoms with Crippen molar-refractivity contribution in [2.75, 3.05) is 11.5 Å². The van der Waals surface area contributed by atoms with E-state index >= 15 is 0 Å². The van der Waals surface area contributed by atoms with Crippen LogP contribution in [0.5, 0.6) is 0 Å². The van der Waals surface area contributed by atoms with E-state index in [1.165, 1.54) is 12.1 Å². The van der Waals surface area contributed by atoms with Crippen LogP contribution in [0.1, 0.15) is 51.9 Å². The molecule has 1 saturated heterocycles. The lowest BCUT2D eigenvalue weighted by Gasteiger charge is -2.28. The van der Waals surface area contributed by atoms with Crippen LogP contribution in [0.2, 0.25) is 0 Å². The molecule has 0 spiro atoms. The van der Waals surface area contributed by atoms with E-state index in [0.717, 1.165) is 25.7 Å². The first-order valence-electron chi connectivity index (χ1n) is 8.94. The predicted molar refractivity (Wildman–Crippen MR) is 93.0 cm³/mol. The van der Waals surface area contributed by atoms with Crippen LogP contribution in [0.4, 0.5) is 10.1 Å². The number of aliphatic carboxylic acids is 1. The number of carboxylic acid groups (broad SMARTS) is 1. The van der Waals surface area contributed by atoms with Crippen LogP contribution in [0, 0.1) is 5.82 Å². The van der Waals surface area contributed by atoms with Gasteiger partial charge in [0, 0.05) is 18.7 Å². The summed E-state index contributed by atoms with van der Waals surface area (Å²) in [6.45, 7) is 2.46. The van der Waals surface area contributed by atoms with Gasteiger partial charge in [-0.3, -0.25) is 9.59 Å². The number of carbonyl (C=O) groups excluding carboxylic acids is 1. The molecule has 0 saturated carbocycles. The number of benzene rings is 1. The maximum Gasteiger partial charge on any atom is 0.303 e. The van der Waals surface area contributed by atoms with Gasteiger partial charge in [0.1, 0.15) is 5.82 Å². The van der Waals surface area contributed by atoms with Gasteiger partial charge in [-0.1, -0.05) is 19.3 Å². The summed E-state index contributed by atoms with van der Waals surface area (Å²) in [6.07, 6.45) is 4.55. The van der Waals surface area contributed by atoms with E-state index in [1.54, 1.807) is 17.0 Å². The molecule has 138 valence electrons. The molecule has 25 heavy (non-hydrogen) atoms. The first-order chi connectivity index (χ1) is 12.0. The van der Waals surface area contributed by atoms with Gasteiger partial charge >= 0.3 is 5.97 Å². The maximum atomic E-state index is 13.2. The Morgan fingerprint density at radius 2 is 1.92 bits per heavy atom. The summed E-state index contributed by atoms with van der Waals surface area (Å²) in [5, 5.41) is 8.66. The number of hydrogen-bond acceptors (Lipinski definition) is 3. The number of halogens is 1. The number of anilines is 1. The van der Waals surface area contributed by atoms with Crippen molar-refractivity contribution >= 4 is 17.6 Å². The molecular weight excluding hydrogens is 325 g/mol. The summed E-state index contributed by atoms with van der Waals surface area (Å²) in [4.78, 5) is 24.7.